The molecule has 5 heteroatoms. The van der Waals surface area contributed by atoms with Crippen molar-refractivity contribution in [1.82, 2.24) is 4.90 Å². The van der Waals surface area contributed by atoms with Crippen LogP contribution in [0.25, 0.3) is 0 Å². The zero-order valence-corrected chi connectivity index (χ0v) is 15.5. The van der Waals surface area contributed by atoms with Crippen molar-refractivity contribution in [3.63, 3.8) is 0 Å². The first kappa shape index (κ1) is 19.0. The van der Waals surface area contributed by atoms with E-state index in [1.54, 1.807) is 0 Å². The number of anilines is 1. The van der Waals surface area contributed by atoms with Gasteiger partial charge in [0.15, 0.2) is 0 Å². The maximum Gasteiger partial charge on any atom is 0.347 e. The minimum atomic E-state index is -0.289. The van der Waals surface area contributed by atoms with Crippen molar-refractivity contribution in [2.75, 3.05) is 11.9 Å². The highest BCUT2D eigenvalue weighted by Gasteiger charge is 2.20. The van der Waals surface area contributed by atoms with Crippen LogP contribution in [0.4, 0.5) is 10.5 Å². The topological polar surface area (TPSA) is 44.7 Å². The zero-order chi connectivity index (χ0) is 16.9. The van der Waals surface area contributed by atoms with E-state index in [9.17, 15) is 4.79 Å². The van der Waals surface area contributed by atoms with E-state index in [0.717, 1.165) is 48.6 Å². The molecular formula is C20H24ClN3O. The SMILES string of the molecule is Cc1cccc(C)c1NC(=O)N=C1CCCN1Cc1ccccc1.Cl. The van der Waals surface area contributed by atoms with Crippen LogP contribution in [-0.2, 0) is 6.54 Å². The number of halogens is 1. The fourth-order valence-electron chi connectivity index (χ4n) is 3.08. The van der Waals surface area contributed by atoms with Crippen LogP contribution in [0.15, 0.2) is 53.5 Å². The molecular weight excluding hydrogens is 334 g/mol. The second-order valence-electron chi connectivity index (χ2n) is 6.24. The number of carbonyl (C=O) groups is 1. The minimum absolute atomic E-state index is 0. The van der Waals surface area contributed by atoms with E-state index in [-0.39, 0.29) is 18.4 Å². The van der Waals surface area contributed by atoms with Gasteiger partial charge in [-0.1, -0.05) is 48.5 Å². The number of para-hydroxylation sites is 1. The van der Waals surface area contributed by atoms with Gasteiger partial charge in [0.1, 0.15) is 5.84 Å². The fourth-order valence-corrected chi connectivity index (χ4v) is 3.08. The lowest BCUT2D eigenvalue weighted by Gasteiger charge is -2.19. The van der Waals surface area contributed by atoms with Crippen LogP contribution in [0.2, 0.25) is 0 Å². The highest BCUT2D eigenvalue weighted by Crippen LogP contribution is 2.20. The van der Waals surface area contributed by atoms with Crippen LogP contribution in [0, 0.1) is 13.8 Å². The third-order valence-electron chi connectivity index (χ3n) is 4.35. The van der Waals surface area contributed by atoms with Crippen LogP contribution in [-0.4, -0.2) is 23.3 Å². The molecule has 1 N–H and O–H groups in total. The maximum atomic E-state index is 12.3. The van der Waals surface area contributed by atoms with Gasteiger partial charge in [0.05, 0.1) is 0 Å². The zero-order valence-electron chi connectivity index (χ0n) is 14.7. The summed E-state index contributed by atoms with van der Waals surface area (Å²) in [6.45, 7) is 5.74. The van der Waals surface area contributed by atoms with Crippen molar-refractivity contribution in [2.45, 2.75) is 33.2 Å². The molecule has 0 radical (unpaired) electrons. The molecule has 1 fully saturated rings. The molecule has 2 aromatic carbocycles. The Morgan fingerprint density at radius 1 is 1.08 bits per heavy atom. The molecule has 1 aliphatic rings. The molecule has 0 aliphatic carbocycles. The normalized spacial score (nSPS) is 15.1. The number of amidine groups is 1. The first-order valence-corrected chi connectivity index (χ1v) is 8.37. The number of amides is 2. The van der Waals surface area contributed by atoms with Gasteiger partial charge in [0.25, 0.3) is 0 Å². The van der Waals surface area contributed by atoms with Crippen molar-refractivity contribution in [2.24, 2.45) is 4.99 Å². The Morgan fingerprint density at radius 2 is 1.76 bits per heavy atom. The van der Waals surface area contributed by atoms with Gasteiger partial charge in [-0.15, -0.1) is 12.4 Å². The smallest absolute Gasteiger partial charge is 0.347 e. The van der Waals surface area contributed by atoms with Gasteiger partial charge in [-0.3, -0.25) is 0 Å². The largest absolute Gasteiger partial charge is 0.356 e. The lowest BCUT2D eigenvalue weighted by atomic mass is 10.1. The first-order chi connectivity index (χ1) is 11.6. The Hall–Kier alpha value is -2.33. The predicted octanol–water partition coefficient (Wildman–Crippen LogP) is 4.95. The number of hydrogen-bond donors (Lipinski definition) is 1. The summed E-state index contributed by atoms with van der Waals surface area (Å²) in [5.74, 6) is 0.877. The average molecular weight is 358 g/mol. The molecule has 2 aromatic rings. The third-order valence-corrected chi connectivity index (χ3v) is 4.35. The van der Waals surface area contributed by atoms with Gasteiger partial charge in [-0.05, 0) is 37.0 Å². The van der Waals surface area contributed by atoms with Gasteiger partial charge >= 0.3 is 6.03 Å². The van der Waals surface area contributed by atoms with E-state index in [0.29, 0.717) is 0 Å². The Morgan fingerprint density at radius 3 is 2.44 bits per heavy atom. The number of hydrogen-bond acceptors (Lipinski definition) is 1. The summed E-state index contributed by atoms with van der Waals surface area (Å²) >= 11 is 0. The summed E-state index contributed by atoms with van der Waals surface area (Å²) in [6, 6.07) is 16.0. The van der Waals surface area contributed by atoms with Gasteiger partial charge in [-0.25, -0.2) is 4.79 Å². The second-order valence-corrected chi connectivity index (χ2v) is 6.24. The number of benzene rings is 2. The molecule has 1 saturated heterocycles. The molecule has 4 nitrogen and oxygen atoms in total. The third kappa shape index (κ3) is 4.83. The molecule has 132 valence electrons. The molecule has 0 spiro atoms. The monoisotopic (exact) mass is 357 g/mol. The summed E-state index contributed by atoms with van der Waals surface area (Å²) in [4.78, 5) is 18.9. The summed E-state index contributed by atoms with van der Waals surface area (Å²) in [5, 5.41) is 2.94. The van der Waals surface area contributed by atoms with E-state index in [4.69, 9.17) is 0 Å². The lowest BCUT2D eigenvalue weighted by molar-refractivity contribution is 0.259. The number of rotatable bonds is 3. The lowest BCUT2D eigenvalue weighted by Crippen LogP contribution is -2.26. The summed E-state index contributed by atoms with van der Waals surface area (Å²) in [5.41, 5.74) is 4.20. The van der Waals surface area contributed by atoms with Crippen molar-refractivity contribution < 1.29 is 4.79 Å². The minimum Gasteiger partial charge on any atom is -0.356 e. The number of aliphatic imine (C=N–C) groups is 1. The van der Waals surface area contributed by atoms with E-state index in [1.807, 2.05) is 50.2 Å². The highest BCUT2D eigenvalue weighted by atomic mass is 35.5. The van der Waals surface area contributed by atoms with E-state index in [2.05, 4.69) is 27.3 Å². The standard InChI is InChI=1S/C20H23N3O.ClH/c1-15-8-6-9-16(2)19(15)22-20(24)21-18-12-7-13-23(18)14-17-10-4-3-5-11-17;/h3-6,8-11H,7,12-14H2,1-2H3,(H,22,24);1H. The van der Waals surface area contributed by atoms with E-state index >= 15 is 0 Å². The highest BCUT2D eigenvalue weighted by molar-refractivity contribution is 6.01. The molecule has 3 rings (SSSR count). The molecule has 2 amide bonds. The molecule has 1 aliphatic heterocycles. The van der Waals surface area contributed by atoms with Crippen LogP contribution in [0.1, 0.15) is 29.5 Å². The van der Waals surface area contributed by atoms with Crippen molar-refractivity contribution in [3.05, 3.63) is 65.2 Å². The van der Waals surface area contributed by atoms with Crippen LogP contribution in [0.3, 0.4) is 0 Å². The van der Waals surface area contributed by atoms with Crippen molar-refractivity contribution in [3.8, 4) is 0 Å². The Bertz CT molecular complexity index is 739. The van der Waals surface area contributed by atoms with Crippen LogP contribution in [0.5, 0.6) is 0 Å². The van der Waals surface area contributed by atoms with Gasteiger partial charge in [0, 0.05) is 25.2 Å². The number of aryl methyl sites for hydroxylation is 2. The molecule has 1 heterocycles. The molecule has 0 aromatic heterocycles. The summed E-state index contributed by atoms with van der Waals surface area (Å²) in [6.07, 6.45) is 1.90. The Labute approximate surface area is 155 Å². The molecule has 25 heavy (non-hydrogen) atoms. The Kier molecular flexibility index (Phi) is 6.59. The molecule has 0 atom stereocenters. The number of urea groups is 1. The number of carbonyl (C=O) groups excluding carboxylic acids is 1. The van der Waals surface area contributed by atoms with Gasteiger partial charge in [0.2, 0.25) is 0 Å². The molecule has 0 saturated carbocycles. The maximum absolute atomic E-state index is 12.3. The van der Waals surface area contributed by atoms with E-state index < -0.39 is 0 Å². The van der Waals surface area contributed by atoms with Crippen LogP contribution >= 0.6 is 12.4 Å². The van der Waals surface area contributed by atoms with Crippen molar-refractivity contribution in [1.29, 1.82) is 0 Å². The predicted molar refractivity (Wildman–Crippen MR) is 106 cm³/mol. The molecule has 0 bridgehead atoms. The second kappa shape index (κ2) is 8.67. The van der Waals surface area contributed by atoms with Gasteiger partial charge in [-0.2, -0.15) is 4.99 Å². The number of nitrogens with zero attached hydrogens (tertiary/aromatic N) is 2. The Balaban J connectivity index is 0.00000225. The first-order valence-electron chi connectivity index (χ1n) is 8.37. The van der Waals surface area contributed by atoms with Crippen LogP contribution < -0.4 is 5.32 Å². The van der Waals surface area contributed by atoms with E-state index in [1.165, 1.54) is 5.56 Å². The quantitative estimate of drug-likeness (QED) is 0.844. The fraction of sp³-hybridized carbons (Fsp3) is 0.300. The average Bonchev–Trinajstić information content (AvgIpc) is 2.99. The number of nitrogens with one attached hydrogen (secondary N) is 1. The van der Waals surface area contributed by atoms with Crippen molar-refractivity contribution >= 4 is 30.0 Å². The van der Waals surface area contributed by atoms with Gasteiger partial charge < -0.3 is 10.2 Å². The molecule has 0 unspecified atom stereocenters. The summed E-state index contributed by atoms with van der Waals surface area (Å²) < 4.78 is 0. The number of likely N-dealkylation sites (tertiary alicyclic amines) is 1. The summed E-state index contributed by atoms with van der Waals surface area (Å²) in [7, 11) is 0.